The molecule has 0 heterocycles. The van der Waals surface area contributed by atoms with E-state index in [0.29, 0.717) is 11.1 Å². The number of hydrogen-bond donors (Lipinski definition) is 0. The van der Waals surface area contributed by atoms with Crippen LogP contribution in [0.15, 0.2) is 48.5 Å². The van der Waals surface area contributed by atoms with E-state index < -0.39 is 0 Å². The molecule has 0 aromatic heterocycles. The number of carbonyl (C=O) groups is 2. The minimum absolute atomic E-state index is 0.0934. The summed E-state index contributed by atoms with van der Waals surface area (Å²) in [4.78, 5) is 24.4. The molecule has 2 unspecified atom stereocenters. The molecule has 4 nitrogen and oxygen atoms in total. The lowest BCUT2D eigenvalue weighted by molar-refractivity contribution is 0.0324. The van der Waals surface area contributed by atoms with Crippen molar-refractivity contribution in [3.63, 3.8) is 0 Å². The Morgan fingerprint density at radius 2 is 1.03 bits per heavy atom. The van der Waals surface area contributed by atoms with Crippen molar-refractivity contribution in [2.75, 3.05) is 0 Å². The second-order valence-electron chi connectivity index (χ2n) is 8.03. The standard InChI is InChI=1S/C25H32O4/c1-7-17(3)28-23(26)19-9-13-21(14-10-19)25(5,6)22-15-11-20(12-16-22)24(27)29-18(4)8-2/h9-18H,7-8H2,1-6H3. The predicted octanol–water partition coefficient (Wildman–Crippen LogP) is 5.92. The molecule has 0 saturated carbocycles. The molecule has 29 heavy (non-hydrogen) atoms. The summed E-state index contributed by atoms with van der Waals surface area (Å²) in [6.07, 6.45) is 1.39. The third kappa shape index (κ3) is 5.69. The quantitative estimate of drug-likeness (QED) is 0.520. The highest BCUT2D eigenvalue weighted by Crippen LogP contribution is 2.32. The molecular formula is C25H32O4. The van der Waals surface area contributed by atoms with Crippen molar-refractivity contribution in [3.05, 3.63) is 70.8 Å². The van der Waals surface area contributed by atoms with Crippen molar-refractivity contribution in [1.29, 1.82) is 0 Å². The van der Waals surface area contributed by atoms with Gasteiger partial charge in [-0.05, 0) is 62.1 Å². The molecular weight excluding hydrogens is 364 g/mol. The molecule has 156 valence electrons. The molecule has 4 heteroatoms. The number of carbonyl (C=O) groups excluding carboxylic acids is 2. The van der Waals surface area contributed by atoms with Gasteiger partial charge in [0, 0.05) is 5.41 Å². The van der Waals surface area contributed by atoms with Crippen LogP contribution in [0.2, 0.25) is 0 Å². The minimum atomic E-state index is -0.298. The van der Waals surface area contributed by atoms with Crippen molar-refractivity contribution in [3.8, 4) is 0 Å². The lowest BCUT2D eigenvalue weighted by Crippen LogP contribution is -2.20. The van der Waals surface area contributed by atoms with Gasteiger partial charge in [0.1, 0.15) is 0 Å². The highest BCUT2D eigenvalue weighted by molar-refractivity contribution is 5.90. The Labute approximate surface area is 174 Å². The molecule has 0 radical (unpaired) electrons. The third-order valence-corrected chi connectivity index (χ3v) is 5.45. The van der Waals surface area contributed by atoms with Crippen LogP contribution in [-0.2, 0) is 14.9 Å². The van der Waals surface area contributed by atoms with Gasteiger partial charge in [-0.2, -0.15) is 0 Å². The average molecular weight is 397 g/mol. The lowest BCUT2D eigenvalue weighted by Gasteiger charge is -2.26. The molecule has 0 aliphatic heterocycles. The van der Waals surface area contributed by atoms with E-state index in [1.54, 1.807) is 24.3 Å². The second-order valence-corrected chi connectivity index (χ2v) is 8.03. The molecule has 0 aliphatic carbocycles. The summed E-state index contributed by atoms with van der Waals surface area (Å²) in [5.74, 6) is -0.597. The van der Waals surface area contributed by atoms with Gasteiger partial charge in [-0.15, -0.1) is 0 Å². The zero-order valence-corrected chi connectivity index (χ0v) is 18.3. The molecule has 0 fully saturated rings. The highest BCUT2D eigenvalue weighted by atomic mass is 16.5. The van der Waals surface area contributed by atoms with Crippen LogP contribution in [0.1, 0.15) is 86.2 Å². The van der Waals surface area contributed by atoms with Gasteiger partial charge >= 0.3 is 11.9 Å². The predicted molar refractivity (Wildman–Crippen MR) is 115 cm³/mol. The summed E-state index contributed by atoms with van der Waals surface area (Å²) in [5.41, 5.74) is 2.97. The first-order valence-electron chi connectivity index (χ1n) is 10.3. The van der Waals surface area contributed by atoms with Gasteiger partial charge < -0.3 is 9.47 Å². The van der Waals surface area contributed by atoms with Gasteiger partial charge in [0.15, 0.2) is 0 Å². The maximum atomic E-state index is 12.2. The Hall–Kier alpha value is -2.62. The maximum absolute atomic E-state index is 12.2. The zero-order valence-electron chi connectivity index (χ0n) is 18.3. The Balaban J connectivity index is 2.15. The Morgan fingerprint density at radius 3 is 1.31 bits per heavy atom. The van der Waals surface area contributed by atoms with E-state index >= 15 is 0 Å². The van der Waals surface area contributed by atoms with Gasteiger partial charge in [0.25, 0.3) is 0 Å². The molecule has 2 atom stereocenters. The fraction of sp³-hybridized carbons (Fsp3) is 0.440. The van der Waals surface area contributed by atoms with Gasteiger partial charge in [-0.3, -0.25) is 0 Å². The summed E-state index contributed by atoms with van der Waals surface area (Å²) in [6, 6.07) is 15.0. The molecule has 2 rings (SSSR count). The zero-order chi connectivity index (χ0) is 21.6. The normalized spacial score (nSPS) is 13.4. The number of benzene rings is 2. The molecule has 0 spiro atoms. The maximum Gasteiger partial charge on any atom is 0.338 e. The van der Waals surface area contributed by atoms with E-state index in [-0.39, 0.29) is 29.6 Å². The van der Waals surface area contributed by atoms with Crippen LogP contribution in [0, 0.1) is 0 Å². The van der Waals surface area contributed by atoms with Crippen LogP contribution >= 0.6 is 0 Å². The Morgan fingerprint density at radius 1 is 0.724 bits per heavy atom. The number of esters is 2. The number of hydrogen-bond acceptors (Lipinski definition) is 4. The largest absolute Gasteiger partial charge is 0.459 e. The molecule has 2 aromatic rings. The van der Waals surface area contributed by atoms with Crippen LogP contribution in [0.25, 0.3) is 0 Å². The van der Waals surface area contributed by atoms with E-state index in [0.717, 1.165) is 24.0 Å². The van der Waals surface area contributed by atoms with E-state index in [1.165, 1.54) is 0 Å². The van der Waals surface area contributed by atoms with Crippen molar-refractivity contribution in [1.82, 2.24) is 0 Å². The van der Waals surface area contributed by atoms with Crippen molar-refractivity contribution >= 4 is 11.9 Å². The topological polar surface area (TPSA) is 52.6 Å². The van der Waals surface area contributed by atoms with Crippen LogP contribution < -0.4 is 0 Å². The Kier molecular flexibility index (Phi) is 7.60. The van der Waals surface area contributed by atoms with E-state index in [4.69, 9.17) is 9.47 Å². The second kappa shape index (κ2) is 9.73. The number of rotatable bonds is 8. The summed E-state index contributed by atoms with van der Waals surface area (Å²) >= 11 is 0. The molecule has 0 amide bonds. The van der Waals surface area contributed by atoms with Crippen LogP contribution in [-0.4, -0.2) is 24.1 Å². The lowest BCUT2D eigenvalue weighted by atomic mass is 9.78. The van der Waals surface area contributed by atoms with Gasteiger partial charge in [0.05, 0.1) is 23.3 Å². The first-order chi connectivity index (χ1) is 13.7. The fourth-order valence-electron chi connectivity index (χ4n) is 2.88. The van der Waals surface area contributed by atoms with E-state index in [1.807, 2.05) is 52.0 Å². The fourth-order valence-corrected chi connectivity index (χ4v) is 2.88. The number of ether oxygens (including phenoxy) is 2. The van der Waals surface area contributed by atoms with Crippen molar-refractivity contribution in [2.45, 2.75) is 72.0 Å². The molecule has 0 bridgehead atoms. The summed E-state index contributed by atoms with van der Waals surface area (Å²) in [5, 5.41) is 0. The van der Waals surface area contributed by atoms with Gasteiger partial charge in [-0.1, -0.05) is 52.0 Å². The van der Waals surface area contributed by atoms with Crippen LogP contribution in [0.4, 0.5) is 0 Å². The SMILES string of the molecule is CCC(C)OC(=O)c1ccc(C(C)(C)c2ccc(C(=O)OC(C)CC)cc2)cc1. The third-order valence-electron chi connectivity index (χ3n) is 5.45. The minimum Gasteiger partial charge on any atom is -0.459 e. The molecule has 0 N–H and O–H groups in total. The summed E-state index contributed by atoms with van der Waals surface area (Å²) in [6.45, 7) is 12.0. The van der Waals surface area contributed by atoms with E-state index in [9.17, 15) is 9.59 Å². The monoisotopic (exact) mass is 396 g/mol. The van der Waals surface area contributed by atoms with E-state index in [2.05, 4.69) is 13.8 Å². The molecule has 2 aromatic carbocycles. The molecule has 0 saturated heterocycles. The van der Waals surface area contributed by atoms with Gasteiger partial charge in [-0.25, -0.2) is 9.59 Å². The smallest absolute Gasteiger partial charge is 0.338 e. The van der Waals surface area contributed by atoms with Crippen molar-refractivity contribution < 1.29 is 19.1 Å². The first kappa shape index (κ1) is 22.7. The molecule has 0 aliphatic rings. The van der Waals surface area contributed by atoms with Gasteiger partial charge in [0.2, 0.25) is 0 Å². The average Bonchev–Trinajstić information content (AvgIpc) is 2.73. The van der Waals surface area contributed by atoms with Crippen molar-refractivity contribution in [2.24, 2.45) is 0 Å². The van der Waals surface area contributed by atoms with Crippen LogP contribution in [0.5, 0.6) is 0 Å². The Bertz CT molecular complexity index is 749. The van der Waals surface area contributed by atoms with Crippen LogP contribution in [0.3, 0.4) is 0 Å². The first-order valence-corrected chi connectivity index (χ1v) is 10.3. The summed E-state index contributed by atoms with van der Waals surface area (Å²) < 4.78 is 10.8. The highest BCUT2D eigenvalue weighted by Gasteiger charge is 2.24. The summed E-state index contributed by atoms with van der Waals surface area (Å²) in [7, 11) is 0.